The van der Waals surface area contributed by atoms with Gasteiger partial charge in [-0.25, -0.2) is 8.42 Å². The van der Waals surface area contributed by atoms with Crippen LogP contribution >= 0.6 is 0 Å². The fourth-order valence-electron chi connectivity index (χ4n) is 3.34. The van der Waals surface area contributed by atoms with Crippen LogP contribution in [0.15, 0.2) is 0 Å². The van der Waals surface area contributed by atoms with E-state index in [1.54, 1.807) is 0 Å². The number of rotatable bonds is 4. The van der Waals surface area contributed by atoms with Gasteiger partial charge in [0.25, 0.3) is 0 Å². The van der Waals surface area contributed by atoms with E-state index < -0.39 is 14.6 Å². The van der Waals surface area contributed by atoms with E-state index in [0.29, 0.717) is 6.54 Å². The lowest BCUT2D eigenvalue weighted by Gasteiger charge is -2.56. The summed E-state index contributed by atoms with van der Waals surface area (Å²) in [4.78, 5) is 0. The third kappa shape index (κ3) is 2.37. The highest BCUT2D eigenvalue weighted by molar-refractivity contribution is 7.92. The molecule has 0 bridgehead atoms. The van der Waals surface area contributed by atoms with Gasteiger partial charge in [-0.05, 0) is 37.6 Å². The number of sulfone groups is 1. The topological polar surface area (TPSA) is 55.4 Å². The molecular weight excluding hydrogens is 238 g/mol. The number of nitrogens with one attached hydrogen (secondary N) is 1. The Hall–Kier alpha value is -0.130. The maximum absolute atomic E-state index is 12.0. The molecule has 17 heavy (non-hydrogen) atoms. The normalized spacial score (nSPS) is 26.7. The molecule has 1 N–H and O–H groups in total. The molecule has 5 heteroatoms. The largest absolute Gasteiger partial charge is 0.381 e. The van der Waals surface area contributed by atoms with E-state index in [2.05, 4.69) is 5.32 Å². The standard InChI is InChI=1S/C12H23NO3S/c1-3-13-10-12(17(2,14)15)8-11(9-12)4-6-16-7-5-11/h13H,3-10H2,1-2H3. The van der Waals surface area contributed by atoms with Gasteiger partial charge in [-0.1, -0.05) is 6.92 Å². The first-order valence-corrected chi connectivity index (χ1v) is 8.30. The lowest BCUT2D eigenvalue weighted by Crippen LogP contribution is -2.62. The third-order valence-electron chi connectivity index (χ3n) is 4.43. The first-order valence-electron chi connectivity index (χ1n) is 6.41. The van der Waals surface area contributed by atoms with Crippen LogP contribution < -0.4 is 5.32 Å². The minimum Gasteiger partial charge on any atom is -0.381 e. The molecular formula is C12H23NO3S. The Morgan fingerprint density at radius 2 is 1.82 bits per heavy atom. The van der Waals surface area contributed by atoms with Gasteiger partial charge in [0.05, 0.1) is 4.75 Å². The Labute approximate surface area is 104 Å². The highest BCUT2D eigenvalue weighted by atomic mass is 32.2. The van der Waals surface area contributed by atoms with Crippen molar-refractivity contribution in [1.82, 2.24) is 5.32 Å². The molecule has 0 aromatic carbocycles. The molecule has 0 atom stereocenters. The Morgan fingerprint density at radius 1 is 1.24 bits per heavy atom. The van der Waals surface area contributed by atoms with E-state index in [1.807, 2.05) is 6.92 Å². The first kappa shape index (κ1) is 13.3. The predicted octanol–water partition coefficient (Wildman–Crippen LogP) is 0.970. The highest BCUT2D eigenvalue weighted by Crippen LogP contribution is 2.57. The van der Waals surface area contributed by atoms with Crippen molar-refractivity contribution in [3.63, 3.8) is 0 Å². The van der Waals surface area contributed by atoms with Gasteiger partial charge in [0.2, 0.25) is 0 Å². The summed E-state index contributed by atoms with van der Waals surface area (Å²) in [5.41, 5.74) is 0.247. The van der Waals surface area contributed by atoms with Gasteiger partial charge < -0.3 is 10.1 Å². The highest BCUT2D eigenvalue weighted by Gasteiger charge is 2.59. The summed E-state index contributed by atoms with van der Waals surface area (Å²) in [5.74, 6) is 0. The zero-order valence-corrected chi connectivity index (χ0v) is 11.6. The van der Waals surface area contributed by atoms with Crippen LogP contribution in [0.4, 0.5) is 0 Å². The van der Waals surface area contributed by atoms with Crippen molar-refractivity contribution < 1.29 is 13.2 Å². The molecule has 4 nitrogen and oxygen atoms in total. The Morgan fingerprint density at radius 3 is 2.29 bits per heavy atom. The maximum Gasteiger partial charge on any atom is 0.154 e. The molecule has 2 aliphatic rings. The van der Waals surface area contributed by atoms with Crippen molar-refractivity contribution >= 4 is 9.84 Å². The molecule has 0 aromatic heterocycles. The zero-order chi connectivity index (χ0) is 12.6. The summed E-state index contributed by atoms with van der Waals surface area (Å²) < 4.78 is 28.8. The van der Waals surface area contributed by atoms with E-state index in [4.69, 9.17) is 4.74 Å². The van der Waals surface area contributed by atoms with Crippen LogP contribution in [0.1, 0.15) is 32.6 Å². The Balaban J connectivity index is 2.07. The lowest BCUT2D eigenvalue weighted by atomic mass is 9.57. The van der Waals surface area contributed by atoms with Gasteiger partial charge in [-0.15, -0.1) is 0 Å². The Bertz CT molecular complexity index is 363. The summed E-state index contributed by atoms with van der Waals surface area (Å²) in [6.07, 6.45) is 5.06. The molecule has 0 unspecified atom stereocenters. The van der Waals surface area contributed by atoms with E-state index in [9.17, 15) is 8.42 Å². The molecule has 1 aliphatic heterocycles. The molecule has 0 aromatic rings. The summed E-state index contributed by atoms with van der Waals surface area (Å²) in [5, 5.41) is 3.21. The summed E-state index contributed by atoms with van der Waals surface area (Å²) in [6.45, 7) is 5.03. The summed E-state index contributed by atoms with van der Waals surface area (Å²) in [7, 11) is -2.98. The van der Waals surface area contributed by atoms with Crippen molar-refractivity contribution in [2.75, 3.05) is 32.6 Å². The maximum atomic E-state index is 12.0. The van der Waals surface area contributed by atoms with E-state index in [0.717, 1.165) is 45.4 Å². The summed E-state index contributed by atoms with van der Waals surface area (Å²) >= 11 is 0. The number of ether oxygens (including phenoxy) is 1. The fraction of sp³-hybridized carbons (Fsp3) is 1.00. The van der Waals surface area contributed by atoms with E-state index >= 15 is 0 Å². The van der Waals surface area contributed by atoms with Gasteiger partial charge in [0.15, 0.2) is 9.84 Å². The van der Waals surface area contributed by atoms with Crippen LogP contribution in [-0.2, 0) is 14.6 Å². The SMILES string of the molecule is CCNCC1(S(C)(=O)=O)CC2(CCOCC2)C1. The third-order valence-corrected chi connectivity index (χ3v) is 6.44. The van der Waals surface area contributed by atoms with Crippen molar-refractivity contribution in [2.45, 2.75) is 37.4 Å². The van der Waals surface area contributed by atoms with E-state index in [-0.39, 0.29) is 5.41 Å². The molecule has 1 heterocycles. The smallest absolute Gasteiger partial charge is 0.154 e. The van der Waals surface area contributed by atoms with Crippen LogP contribution in [0.25, 0.3) is 0 Å². The summed E-state index contributed by atoms with van der Waals surface area (Å²) in [6, 6.07) is 0. The van der Waals surface area contributed by atoms with Crippen LogP contribution in [0.5, 0.6) is 0 Å². The molecule has 0 radical (unpaired) electrons. The van der Waals surface area contributed by atoms with Crippen LogP contribution in [-0.4, -0.2) is 45.7 Å². The van der Waals surface area contributed by atoms with Gasteiger partial charge in [0, 0.05) is 26.0 Å². The van der Waals surface area contributed by atoms with Gasteiger partial charge in [-0.3, -0.25) is 0 Å². The lowest BCUT2D eigenvalue weighted by molar-refractivity contribution is -0.0487. The van der Waals surface area contributed by atoms with Gasteiger partial charge >= 0.3 is 0 Å². The molecule has 1 aliphatic carbocycles. The van der Waals surface area contributed by atoms with Crippen LogP contribution in [0, 0.1) is 5.41 Å². The molecule has 1 saturated heterocycles. The van der Waals surface area contributed by atoms with Crippen LogP contribution in [0.3, 0.4) is 0 Å². The molecule has 100 valence electrons. The molecule has 2 fully saturated rings. The molecule has 1 spiro atoms. The minimum atomic E-state index is -2.98. The Kier molecular flexibility index (Phi) is 3.54. The minimum absolute atomic E-state index is 0.247. The second kappa shape index (κ2) is 4.52. The average molecular weight is 261 g/mol. The van der Waals surface area contributed by atoms with Crippen molar-refractivity contribution in [2.24, 2.45) is 5.41 Å². The average Bonchev–Trinajstić information content (AvgIpc) is 2.23. The monoisotopic (exact) mass is 261 g/mol. The predicted molar refractivity (Wildman–Crippen MR) is 67.8 cm³/mol. The molecule has 0 amide bonds. The van der Waals surface area contributed by atoms with Gasteiger partial charge in [0.1, 0.15) is 0 Å². The molecule has 2 rings (SSSR count). The molecule has 1 saturated carbocycles. The number of hydrogen-bond donors (Lipinski definition) is 1. The second-order valence-corrected chi connectivity index (χ2v) is 8.11. The quantitative estimate of drug-likeness (QED) is 0.819. The second-order valence-electron chi connectivity index (χ2n) is 5.70. The fourth-order valence-corrected chi connectivity index (χ4v) is 4.85. The first-order chi connectivity index (χ1) is 7.93. The van der Waals surface area contributed by atoms with Crippen molar-refractivity contribution in [1.29, 1.82) is 0 Å². The van der Waals surface area contributed by atoms with E-state index in [1.165, 1.54) is 6.26 Å². The zero-order valence-electron chi connectivity index (χ0n) is 10.8. The van der Waals surface area contributed by atoms with Gasteiger partial charge in [-0.2, -0.15) is 0 Å². The van der Waals surface area contributed by atoms with Crippen LogP contribution in [0.2, 0.25) is 0 Å². The van der Waals surface area contributed by atoms with Crippen molar-refractivity contribution in [3.8, 4) is 0 Å². The number of hydrogen-bond acceptors (Lipinski definition) is 4. The van der Waals surface area contributed by atoms with Crippen molar-refractivity contribution in [3.05, 3.63) is 0 Å².